The molecule has 0 aromatic heterocycles. The van der Waals surface area contributed by atoms with Crippen LogP contribution in [0.2, 0.25) is 0 Å². The number of amides is 1. The second-order valence-corrected chi connectivity index (χ2v) is 5.49. The SMILES string of the molecule is O=C(CCOC1CCNCC1)N1CCCCC1CO. The molecule has 0 aromatic rings. The standard InChI is InChI=1S/C14H26N2O3/c17-11-12-3-1-2-9-16(12)14(18)6-10-19-13-4-7-15-8-5-13/h12-13,15,17H,1-11H2. The lowest BCUT2D eigenvalue weighted by atomic mass is 10.0. The normalized spacial score (nSPS) is 25.5. The summed E-state index contributed by atoms with van der Waals surface area (Å²) in [5.74, 6) is 0.132. The van der Waals surface area contributed by atoms with Crippen LogP contribution in [-0.4, -0.2) is 60.9 Å². The largest absolute Gasteiger partial charge is 0.394 e. The molecule has 1 atom stereocenters. The molecule has 5 heteroatoms. The smallest absolute Gasteiger partial charge is 0.225 e. The van der Waals surface area contributed by atoms with Crippen LogP contribution in [0, 0.1) is 0 Å². The first kappa shape index (κ1) is 14.8. The second-order valence-electron chi connectivity index (χ2n) is 5.49. The highest BCUT2D eigenvalue weighted by Crippen LogP contribution is 2.17. The third-order valence-electron chi connectivity index (χ3n) is 4.11. The molecule has 0 aromatic carbocycles. The molecule has 2 rings (SSSR count). The summed E-state index contributed by atoms with van der Waals surface area (Å²) in [6, 6.07) is 0.0279. The molecule has 1 amide bonds. The van der Waals surface area contributed by atoms with E-state index in [4.69, 9.17) is 4.74 Å². The molecule has 0 bridgehead atoms. The van der Waals surface area contributed by atoms with Crippen molar-refractivity contribution in [2.75, 3.05) is 32.8 Å². The van der Waals surface area contributed by atoms with Gasteiger partial charge in [-0.25, -0.2) is 0 Å². The third kappa shape index (κ3) is 4.44. The Balaban J connectivity index is 1.67. The number of aliphatic hydroxyl groups excluding tert-OH is 1. The number of carbonyl (C=O) groups is 1. The summed E-state index contributed by atoms with van der Waals surface area (Å²) in [5, 5.41) is 12.6. The van der Waals surface area contributed by atoms with Crippen LogP contribution >= 0.6 is 0 Å². The van der Waals surface area contributed by atoms with Gasteiger partial charge in [0.15, 0.2) is 0 Å². The van der Waals surface area contributed by atoms with Crippen LogP contribution in [0.5, 0.6) is 0 Å². The third-order valence-corrected chi connectivity index (χ3v) is 4.11. The second kappa shape index (κ2) is 7.82. The molecule has 1 unspecified atom stereocenters. The quantitative estimate of drug-likeness (QED) is 0.764. The molecule has 2 aliphatic rings. The summed E-state index contributed by atoms with van der Waals surface area (Å²) in [6.45, 7) is 3.41. The van der Waals surface area contributed by atoms with Gasteiger partial charge in [-0.15, -0.1) is 0 Å². The molecular weight excluding hydrogens is 244 g/mol. The lowest BCUT2D eigenvalue weighted by Crippen LogP contribution is -2.46. The molecule has 2 aliphatic heterocycles. The zero-order chi connectivity index (χ0) is 13.5. The number of hydrogen-bond acceptors (Lipinski definition) is 4. The highest BCUT2D eigenvalue weighted by atomic mass is 16.5. The topological polar surface area (TPSA) is 61.8 Å². The van der Waals surface area contributed by atoms with E-state index in [2.05, 4.69) is 5.32 Å². The predicted molar refractivity (Wildman–Crippen MR) is 72.9 cm³/mol. The van der Waals surface area contributed by atoms with Gasteiger partial charge in [0.25, 0.3) is 0 Å². The zero-order valence-corrected chi connectivity index (χ0v) is 11.6. The Morgan fingerprint density at radius 3 is 2.79 bits per heavy atom. The van der Waals surface area contributed by atoms with Crippen molar-refractivity contribution in [1.82, 2.24) is 10.2 Å². The Labute approximate surface area is 115 Å². The van der Waals surface area contributed by atoms with Crippen LogP contribution in [0.1, 0.15) is 38.5 Å². The van der Waals surface area contributed by atoms with Crippen LogP contribution in [0.3, 0.4) is 0 Å². The first-order valence-electron chi connectivity index (χ1n) is 7.54. The minimum Gasteiger partial charge on any atom is -0.394 e. The summed E-state index contributed by atoms with van der Waals surface area (Å²) >= 11 is 0. The van der Waals surface area contributed by atoms with Crippen molar-refractivity contribution < 1.29 is 14.6 Å². The predicted octanol–water partition coefficient (Wildman–Crippen LogP) is 0.519. The van der Waals surface area contributed by atoms with Crippen molar-refractivity contribution in [3.63, 3.8) is 0 Å². The summed E-state index contributed by atoms with van der Waals surface area (Å²) in [7, 11) is 0. The monoisotopic (exact) mass is 270 g/mol. The fraction of sp³-hybridized carbons (Fsp3) is 0.929. The number of piperidine rings is 2. The average Bonchev–Trinajstić information content (AvgIpc) is 2.48. The van der Waals surface area contributed by atoms with Gasteiger partial charge in [0.05, 0.1) is 31.8 Å². The summed E-state index contributed by atoms with van der Waals surface area (Å²) in [6.07, 6.45) is 5.92. The van der Waals surface area contributed by atoms with E-state index in [1.165, 1.54) is 0 Å². The van der Waals surface area contributed by atoms with Crippen LogP contribution in [0.15, 0.2) is 0 Å². The number of likely N-dealkylation sites (tertiary alicyclic amines) is 1. The maximum atomic E-state index is 12.1. The lowest BCUT2D eigenvalue weighted by molar-refractivity contribution is -0.137. The van der Waals surface area contributed by atoms with E-state index in [0.717, 1.165) is 51.7 Å². The number of carbonyl (C=O) groups excluding carboxylic acids is 1. The lowest BCUT2D eigenvalue weighted by Gasteiger charge is -2.34. The van der Waals surface area contributed by atoms with Crippen LogP contribution < -0.4 is 5.32 Å². The fourth-order valence-electron chi connectivity index (χ4n) is 2.94. The molecule has 0 radical (unpaired) electrons. The van der Waals surface area contributed by atoms with Gasteiger partial charge < -0.3 is 20.1 Å². The van der Waals surface area contributed by atoms with Crippen LogP contribution in [0.4, 0.5) is 0 Å². The first-order valence-corrected chi connectivity index (χ1v) is 7.54. The Bertz CT molecular complexity index is 280. The Kier molecular flexibility index (Phi) is 6.07. The number of nitrogens with one attached hydrogen (secondary N) is 1. The average molecular weight is 270 g/mol. The molecule has 0 saturated carbocycles. The van der Waals surface area contributed by atoms with Crippen molar-refractivity contribution >= 4 is 5.91 Å². The van der Waals surface area contributed by atoms with Crippen molar-refractivity contribution in [1.29, 1.82) is 0 Å². The highest BCUT2D eigenvalue weighted by Gasteiger charge is 2.25. The number of ether oxygens (including phenoxy) is 1. The Morgan fingerprint density at radius 1 is 1.26 bits per heavy atom. The highest BCUT2D eigenvalue weighted by molar-refractivity contribution is 5.76. The molecule has 110 valence electrons. The molecule has 5 nitrogen and oxygen atoms in total. The van der Waals surface area contributed by atoms with Gasteiger partial charge in [-0.2, -0.15) is 0 Å². The number of rotatable bonds is 5. The maximum Gasteiger partial charge on any atom is 0.225 e. The minimum atomic E-state index is 0.0279. The summed E-state index contributed by atoms with van der Waals surface area (Å²) < 4.78 is 5.76. The molecule has 19 heavy (non-hydrogen) atoms. The van der Waals surface area contributed by atoms with Crippen LogP contribution in [-0.2, 0) is 9.53 Å². The van der Waals surface area contributed by atoms with E-state index in [1.807, 2.05) is 4.90 Å². The number of hydrogen-bond donors (Lipinski definition) is 2. The molecule has 0 spiro atoms. The maximum absolute atomic E-state index is 12.1. The van der Waals surface area contributed by atoms with Crippen molar-refractivity contribution in [3.05, 3.63) is 0 Å². The van der Waals surface area contributed by atoms with E-state index in [9.17, 15) is 9.90 Å². The number of aliphatic hydroxyl groups is 1. The van der Waals surface area contributed by atoms with Gasteiger partial charge in [0, 0.05) is 6.54 Å². The van der Waals surface area contributed by atoms with Gasteiger partial charge in [-0.3, -0.25) is 4.79 Å². The van der Waals surface area contributed by atoms with E-state index >= 15 is 0 Å². The van der Waals surface area contributed by atoms with Gasteiger partial charge in [0.2, 0.25) is 5.91 Å². The van der Waals surface area contributed by atoms with Crippen molar-refractivity contribution in [2.24, 2.45) is 0 Å². The zero-order valence-electron chi connectivity index (χ0n) is 11.6. The van der Waals surface area contributed by atoms with E-state index < -0.39 is 0 Å². The molecule has 2 saturated heterocycles. The van der Waals surface area contributed by atoms with E-state index in [1.54, 1.807) is 0 Å². The Morgan fingerprint density at radius 2 is 2.05 bits per heavy atom. The van der Waals surface area contributed by atoms with E-state index in [0.29, 0.717) is 19.1 Å². The summed E-state index contributed by atoms with van der Waals surface area (Å²) in [4.78, 5) is 14.0. The molecular formula is C14H26N2O3. The van der Waals surface area contributed by atoms with Crippen LogP contribution in [0.25, 0.3) is 0 Å². The Hall–Kier alpha value is -0.650. The first-order chi connectivity index (χ1) is 9.31. The molecule has 2 fully saturated rings. The minimum absolute atomic E-state index is 0.0279. The van der Waals surface area contributed by atoms with Gasteiger partial charge >= 0.3 is 0 Å². The fourth-order valence-corrected chi connectivity index (χ4v) is 2.94. The van der Waals surface area contributed by atoms with Gasteiger partial charge in [-0.05, 0) is 45.2 Å². The van der Waals surface area contributed by atoms with Gasteiger partial charge in [-0.1, -0.05) is 0 Å². The number of nitrogens with zero attached hydrogens (tertiary/aromatic N) is 1. The van der Waals surface area contributed by atoms with Crippen molar-refractivity contribution in [3.8, 4) is 0 Å². The molecule has 2 N–H and O–H groups in total. The van der Waals surface area contributed by atoms with Gasteiger partial charge in [0.1, 0.15) is 0 Å². The van der Waals surface area contributed by atoms with E-state index in [-0.39, 0.29) is 18.6 Å². The summed E-state index contributed by atoms with van der Waals surface area (Å²) in [5.41, 5.74) is 0. The van der Waals surface area contributed by atoms with Crippen molar-refractivity contribution in [2.45, 2.75) is 50.7 Å². The molecule has 0 aliphatic carbocycles. The molecule has 2 heterocycles.